The molecule has 0 amide bonds. The number of hydrogen-bond acceptors (Lipinski definition) is 19. The van der Waals surface area contributed by atoms with Gasteiger partial charge in [0.2, 0.25) is 0 Å². The molecule has 3 aliphatic rings. The first kappa shape index (κ1) is 59.8. The number of sulfone groups is 1. The molecule has 22 heteroatoms. The molecule has 3 heterocycles. The zero-order valence-electron chi connectivity index (χ0n) is 44.1. The molecule has 21 nitrogen and oxygen atoms in total. The molecule has 6 rings (SSSR count). The highest BCUT2D eigenvalue weighted by Crippen LogP contribution is 2.41. The third-order valence-corrected chi connectivity index (χ3v) is 15.5. The number of nitrogens with zero attached hydrogens (tertiary/aromatic N) is 2. The van der Waals surface area contributed by atoms with Crippen molar-refractivity contribution in [2.45, 2.75) is 126 Å². The van der Waals surface area contributed by atoms with Gasteiger partial charge in [-0.25, -0.2) is 22.8 Å². The van der Waals surface area contributed by atoms with E-state index in [0.717, 1.165) is 35.4 Å². The van der Waals surface area contributed by atoms with E-state index in [9.17, 15) is 47.8 Å². The topological polar surface area (TPSA) is 272 Å². The van der Waals surface area contributed by atoms with Crippen LogP contribution in [0.2, 0.25) is 0 Å². The predicted molar refractivity (Wildman–Crippen MR) is 276 cm³/mol. The van der Waals surface area contributed by atoms with Crippen molar-refractivity contribution in [1.82, 2.24) is 0 Å². The number of carbonyl (C=O) groups excluding carboxylic acids is 4. The summed E-state index contributed by atoms with van der Waals surface area (Å²) in [5.74, 6) is -4.58. The lowest BCUT2D eigenvalue weighted by Gasteiger charge is -2.37. The number of rotatable bonds is 26. The number of methoxy groups -OCH3 is 2. The number of non-ortho nitro benzene ring substituents is 2. The number of nitro benzene ring substituents is 2. The van der Waals surface area contributed by atoms with Crippen LogP contribution in [0, 0.1) is 37.5 Å². The molecule has 0 spiro atoms. The molecule has 1 unspecified atom stereocenters. The monoisotopic (exact) mass is 1090 g/mol. The van der Waals surface area contributed by atoms with E-state index < -0.39 is 104 Å². The molecule has 10 atom stereocenters. The fraction of sp³-hybridized carbons (Fsp3) is 0.527. The highest BCUT2D eigenvalue weighted by atomic mass is 32.2. The Hall–Kier alpha value is -6.43. The van der Waals surface area contributed by atoms with Crippen LogP contribution >= 0.6 is 0 Å². The van der Waals surface area contributed by atoms with Crippen LogP contribution in [0.25, 0.3) is 0 Å². The van der Waals surface area contributed by atoms with E-state index in [-0.39, 0.29) is 78.2 Å². The number of nitro groups is 2. The fourth-order valence-corrected chi connectivity index (χ4v) is 11.3. The van der Waals surface area contributed by atoms with Crippen LogP contribution in [0.4, 0.5) is 11.4 Å². The van der Waals surface area contributed by atoms with Gasteiger partial charge < -0.3 is 42.6 Å². The molecule has 418 valence electrons. The summed E-state index contributed by atoms with van der Waals surface area (Å²) in [5, 5.41) is 22.6. The molecule has 0 radical (unpaired) electrons. The summed E-state index contributed by atoms with van der Waals surface area (Å²) in [7, 11) is -1.27. The Morgan fingerprint density at radius 2 is 1.43 bits per heavy atom. The maximum Gasteiger partial charge on any atom is 0.338 e. The van der Waals surface area contributed by atoms with E-state index in [4.69, 9.17) is 42.6 Å². The van der Waals surface area contributed by atoms with Crippen LogP contribution in [0.3, 0.4) is 0 Å². The molecule has 0 aromatic heterocycles. The molecule has 3 aromatic rings. The van der Waals surface area contributed by atoms with E-state index in [0.29, 0.717) is 32.1 Å². The van der Waals surface area contributed by atoms with Crippen molar-refractivity contribution in [1.29, 1.82) is 0 Å². The van der Waals surface area contributed by atoms with Gasteiger partial charge >= 0.3 is 23.9 Å². The third-order valence-electron chi connectivity index (χ3n) is 13.7. The Morgan fingerprint density at radius 1 is 0.792 bits per heavy atom. The number of ether oxygens (including phenoxy) is 9. The first-order chi connectivity index (χ1) is 36.6. The predicted octanol–water partition coefficient (Wildman–Crippen LogP) is 7.92. The van der Waals surface area contributed by atoms with E-state index in [1.807, 2.05) is 13.0 Å². The normalized spacial score (nSPS) is 23.8. The van der Waals surface area contributed by atoms with E-state index >= 15 is 0 Å². The van der Waals surface area contributed by atoms with Crippen molar-refractivity contribution in [3.05, 3.63) is 134 Å². The highest BCUT2D eigenvalue weighted by molar-refractivity contribution is 7.91. The van der Waals surface area contributed by atoms with Gasteiger partial charge in [0, 0.05) is 63.2 Å². The van der Waals surface area contributed by atoms with Gasteiger partial charge in [-0.3, -0.25) is 25.0 Å². The van der Waals surface area contributed by atoms with Crippen molar-refractivity contribution in [3.63, 3.8) is 0 Å². The average Bonchev–Trinajstić information content (AvgIpc) is 3.92. The second-order valence-corrected chi connectivity index (χ2v) is 22.5. The van der Waals surface area contributed by atoms with Crippen molar-refractivity contribution >= 4 is 45.1 Å². The molecule has 77 heavy (non-hydrogen) atoms. The summed E-state index contributed by atoms with van der Waals surface area (Å²) in [5.41, 5.74) is 0.554. The Kier molecular flexibility index (Phi) is 21.2. The minimum absolute atomic E-state index is 0.0377. The molecule has 0 saturated carbocycles. The number of hydrogen-bond donors (Lipinski definition) is 0. The first-order valence-electron chi connectivity index (χ1n) is 25.4. The molecule has 0 aliphatic carbocycles. The maximum atomic E-state index is 14.3. The van der Waals surface area contributed by atoms with Crippen LogP contribution in [0.15, 0.2) is 108 Å². The molecule has 0 bridgehead atoms. The Labute approximate surface area is 447 Å². The molecular formula is C55H68N2O19S. The molecule has 0 N–H and O–H groups in total. The van der Waals surface area contributed by atoms with Gasteiger partial charge in [0.15, 0.2) is 9.84 Å². The second kappa shape index (κ2) is 27.2. The summed E-state index contributed by atoms with van der Waals surface area (Å²) < 4.78 is 82.4. The SMILES string of the molecule is C=C1C[C@H](CCCOC(=O)C(C)(C)C)O[C@H]1CC[C@H]1C=C(C)[C@@H](COC(=O)COC)[C@@H](C[C@@H]2O[C@H](CC(COC(=O)c3ccc([N+](=O)[O-])cc3)OC(=O)c3ccc([N+](=O)[O-])cc3)[C@H](OC)[C@H]2CS(=O)(=O)c2ccccc2)O1. The smallest absolute Gasteiger partial charge is 0.338 e. The molecule has 3 aliphatic heterocycles. The van der Waals surface area contributed by atoms with Crippen LogP contribution in [0.1, 0.15) is 93.4 Å². The highest BCUT2D eigenvalue weighted by Gasteiger charge is 2.50. The third kappa shape index (κ3) is 16.8. The molecular weight excluding hydrogens is 1020 g/mol. The van der Waals surface area contributed by atoms with Crippen molar-refractivity contribution in [3.8, 4) is 0 Å². The largest absolute Gasteiger partial charge is 0.465 e. The Morgan fingerprint density at radius 3 is 2.03 bits per heavy atom. The lowest BCUT2D eigenvalue weighted by atomic mass is 9.84. The van der Waals surface area contributed by atoms with Gasteiger partial charge in [0.25, 0.3) is 11.4 Å². The van der Waals surface area contributed by atoms with Crippen LogP contribution < -0.4 is 0 Å². The maximum absolute atomic E-state index is 14.3. The number of carbonyl (C=O) groups is 4. The average molecular weight is 1090 g/mol. The van der Waals surface area contributed by atoms with Crippen molar-refractivity contribution < 1.29 is 80.1 Å². The summed E-state index contributed by atoms with van der Waals surface area (Å²) in [4.78, 5) is 73.4. The number of esters is 4. The van der Waals surface area contributed by atoms with Gasteiger partial charge in [-0.2, -0.15) is 0 Å². The lowest BCUT2D eigenvalue weighted by molar-refractivity contribution is -0.385. The summed E-state index contributed by atoms with van der Waals surface area (Å²) >= 11 is 0. The molecule has 2 saturated heterocycles. The van der Waals surface area contributed by atoms with E-state index in [1.165, 1.54) is 50.6 Å². The zero-order valence-corrected chi connectivity index (χ0v) is 44.9. The Balaban J connectivity index is 1.25. The van der Waals surface area contributed by atoms with Crippen LogP contribution in [0.5, 0.6) is 0 Å². The van der Waals surface area contributed by atoms with Gasteiger partial charge in [-0.15, -0.1) is 0 Å². The van der Waals surface area contributed by atoms with Gasteiger partial charge in [-0.05, 0) is 102 Å². The number of benzene rings is 3. The van der Waals surface area contributed by atoms with E-state index in [2.05, 4.69) is 6.58 Å². The zero-order chi connectivity index (χ0) is 56.0. The van der Waals surface area contributed by atoms with Gasteiger partial charge in [-0.1, -0.05) is 36.4 Å². The second-order valence-electron chi connectivity index (χ2n) is 20.4. The van der Waals surface area contributed by atoms with Crippen LogP contribution in [-0.2, 0) is 62.1 Å². The summed E-state index contributed by atoms with van der Waals surface area (Å²) in [6.45, 7) is 10.9. The minimum atomic E-state index is -4.03. The molecule has 2 fully saturated rings. The molecule has 3 aromatic carbocycles. The lowest BCUT2D eigenvalue weighted by Crippen LogP contribution is -2.42. The fourth-order valence-electron chi connectivity index (χ4n) is 9.64. The van der Waals surface area contributed by atoms with Gasteiger partial charge in [0.1, 0.15) is 25.9 Å². The Bertz CT molecular complexity index is 2690. The minimum Gasteiger partial charge on any atom is -0.465 e. The van der Waals surface area contributed by atoms with Crippen molar-refractivity contribution in [2.75, 3.05) is 46.4 Å². The first-order valence-corrected chi connectivity index (χ1v) is 27.0. The van der Waals surface area contributed by atoms with Gasteiger partial charge in [0.05, 0.1) is 86.4 Å². The van der Waals surface area contributed by atoms with Crippen LogP contribution in [-0.4, -0.2) is 137 Å². The quantitative estimate of drug-likeness (QED) is 0.0184. The standard InChI is InChI=1S/C55H68N2O19S/c1-34-26-41(23-24-46-35(2)27-40(73-46)12-11-25-70-54(61)55(3,4)5)74-47(44(34)31-71-50(58)32-68-6)29-48-45(33-77(66,67)43-13-9-8-10-14-43)51(69-7)49(76-48)28-42(75-53(60)37-17-21-39(22-18-37)57(64)65)30-72-52(59)36-15-19-38(20-16-36)56(62)63/h8-10,13-22,26,40-42,44-49,51H,2,11-12,23-25,27-33H2,1,3-7H3/t40-,41-,42?,44+,45-,46-,47+,48-,49+,51+/m0/s1. The van der Waals surface area contributed by atoms with Crippen molar-refractivity contribution in [2.24, 2.45) is 17.3 Å². The van der Waals surface area contributed by atoms with E-state index in [1.54, 1.807) is 39.0 Å². The summed E-state index contributed by atoms with van der Waals surface area (Å²) in [6, 6.07) is 17.2. The summed E-state index contributed by atoms with van der Waals surface area (Å²) in [6.07, 6.45) is -0.915.